The van der Waals surface area contributed by atoms with Crippen LogP contribution in [0.4, 0.5) is 0 Å². The quantitative estimate of drug-likeness (QED) is 0.311. The molecule has 3 atom stereocenters. The lowest BCUT2D eigenvalue weighted by Crippen LogP contribution is -2.37. The third-order valence-electron chi connectivity index (χ3n) is 6.71. The monoisotopic (exact) mass is 469 g/mol. The molecule has 0 amide bonds. The molecule has 1 aliphatic rings. The maximum atomic E-state index is 9.04. The zero-order valence-electron chi connectivity index (χ0n) is 19.8. The lowest BCUT2D eigenvalue weighted by atomic mass is 9.84. The average molecular weight is 470 g/mol. The smallest absolute Gasteiger partial charge is 0.186 e. The van der Waals surface area contributed by atoms with Crippen LogP contribution in [0.5, 0.6) is 11.5 Å². The fourth-order valence-electron chi connectivity index (χ4n) is 4.95. The van der Waals surface area contributed by atoms with Crippen LogP contribution in [0, 0.1) is 0 Å². The number of hydrogen-bond donors (Lipinski definition) is 3. The van der Waals surface area contributed by atoms with E-state index in [-0.39, 0.29) is 24.7 Å². The van der Waals surface area contributed by atoms with E-state index in [1.54, 1.807) is 0 Å². The summed E-state index contributed by atoms with van der Waals surface area (Å²) in [7, 11) is 0. The Bertz CT molecular complexity index is 1270. The number of aliphatic hydroxyl groups excluding tert-OH is 1. The topological polar surface area (TPSA) is 71.0 Å². The van der Waals surface area contributed by atoms with E-state index in [0.29, 0.717) is 5.75 Å². The molecular weight excluding hydrogens is 438 g/mol. The van der Waals surface area contributed by atoms with Crippen LogP contribution in [0.15, 0.2) is 91.0 Å². The van der Waals surface area contributed by atoms with Gasteiger partial charge in [0.15, 0.2) is 6.29 Å². The molecule has 0 fully saturated rings. The van der Waals surface area contributed by atoms with Crippen LogP contribution in [0.25, 0.3) is 10.8 Å². The number of nitrogens with one attached hydrogen (secondary N) is 1. The van der Waals surface area contributed by atoms with Crippen LogP contribution in [0.2, 0.25) is 0 Å². The van der Waals surface area contributed by atoms with Crippen molar-refractivity contribution in [3.63, 3.8) is 0 Å². The summed E-state index contributed by atoms with van der Waals surface area (Å²) in [4.78, 5) is 0. The van der Waals surface area contributed by atoms with Crippen LogP contribution < -0.4 is 14.8 Å². The Morgan fingerprint density at radius 1 is 0.914 bits per heavy atom. The van der Waals surface area contributed by atoms with E-state index in [4.69, 9.17) is 19.7 Å². The van der Waals surface area contributed by atoms with E-state index in [9.17, 15) is 0 Å². The van der Waals surface area contributed by atoms with Crippen LogP contribution in [0.1, 0.15) is 42.0 Å². The zero-order chi connectivity index (χ0) is 24.2. The summed E-state index contributed by atoms with van der Waals surface area (Å²) < 4.78 is 11.8. The largest absolute Gasteiger partial charge is 0.489 e. The minimum Gasteiger partial charge on any atom is -0.489 e. The van der Waals surface area contributed by atoms with E-state index in [0.717, 1.165) is 18.7 Å². The molecule has 1 heterocycles. The molecule has 0 saturated carbocycles. The van der Waals surface area contributed by atoms with Gasteiger partial charge in [-0.25, -0.2) is 0 Å². The van der Waals surface area contributed by atoms with Crippen molar-refractivity contribution in [2.24, 2.45) is 0 Å². The van der Waals surface area contributed by atoms with Crippen LogP contribution in [-0.2, 0) is 0 Å². The van der Waals surface area contributed by atoms with Crippen molar-refractivity contribution in [3.05, 3.63) is 108 Å². The molecule has 5 rings (SSSR count). The molecular formula is C30H31NO4. The maximum Gasteiger partial charge on any atom is 0.186 e. The van der Waals surface area contributed by atoms with Gasteiger partial charge in [-0.2, -0.15) is 0 Å². The van der Waals surface area contributed by atoms with Gasteiger partial charge in [0.25, 0.3) is 0 Å². The fourth-order valence-corrected chi connectivity index (χ4v) is 4.95. The van der Waals surface area contributed by atoms with Crippen LogP contribution >= 0.6 is 0 Å². The molecule has 0 radical (unpaired) electrons. The van der Waals surface area contributed by atoms with Gasteiger partial charge in [0.05, 0.1) is 0 Å². The van der Waals surface area contributed by atoms with E-state index in [2.05, 4.69) is 79.0 Å². The summed E-state index contributed by atoms with van der Waals surface area (Å²) in [5.41, 5.74) is 3.66. The van der Waals surface area contributed by atoms with E-state index in [1.165, 1.54) is 27.5 Å². The molecule has 0 bridgehead atoms. The van der Waals surface area contributed by atoms with Gasteiger partial charge in [0, 0.05) is 24.1 Å². The summed E-state index contributed by atoms with van der Waals surface area (Å²) in [5, 5.41) is 24.3. The second-order valence-electron chi connectivity index (χ2n) is 9.12. The van der Waals surface area contributed by atoms with Gasteiger partial charge >= 0.3 is 0 Å². The molecule has 3 N–H and O–H groups in total. The number of rotatable bonds is 8. The number of aliphatic hydroxyl groups is 2. The Balaban J connectivity index is 1.31. The summed E-state index contributed by atoms with van der Waals surface area (Å²) in [5.74, 6) is 1.75. The Morgan fingerprint density at radius 3 is 2.49 bits per heavy atom. The van der Waals surface area contributed by atoms with Crippen LogP contribution in [-0.4, -0.2) is 35.8 Å². The number of hydrogen-bond acceptors (Lipinski definition) is 5. The average Bonchev–Trinajstić information content (AvgIpc) is 2.90. The fraction of sp³-hybridized carbons (Fsp3) is 0.267. The Morgan fingerprint density at radius 2 is 1.66 bits per heavy atom. The van der Waals surface area contributed by atoms with Gasteiger partial charge in [0.2, 0.25) is 0 Å². The number of para-hydroxylation sites is 1. The van der Waals surface area contributed by atoms with Crippen molar-refractivity contribution < 1.29 is 19.7 Å². The van der Waals surface area contributed by atoms with Gasteiger partial charge in [-0.15, -0.1) is 0 Å². The first-order valence-corrected chi connectivity index (χ1v) is 12.1. The third kappa shape index (κ3) is 5.33. The SMILES string of the molecule is C[C@@H](NC[C@@H]1C[C@H](c2ccc(OCC(O)O)cc2)c2ccccc2O1)c1cccc2ccccc12. The standard InChI is InChI=1S/C30H31NO4/c1-20(25-11-6-8-21-7-2-3-9-26(21)25)31-18-24-17-28(27-10-4-5-12-29(27)35-24)22-13-15-23(16-14-22)34-19-30(32)33/h2-16,20,24,28,30-33H,17-19H2,1H3/t20-,24+,28-/m1/s1. The molecule has 0 unspecified atom stereocenters. The van der Waals surface area contributed by atoms with Gasteiger partial charge in [0.1, 0.15) is 24.2 Å². The van der Waals surface area contributed by atoms with Crippen molar-refractivity contribution in [2.45, 2.75) is 37.7 Å². The highest BCUT2D eigenvalue weighted by Gasteiger charge is 2.29. The first-order chi connectivity index (χ1) is 17.1. The van der Waals surface area contributed by atoms with E-state index in [1.807, 2.05) is 24.3 Å². The van der Waals surface area contributed by atoms with Gasteiger partial charge in [-0.05, 0) is 53.4 Å². The summed E-state index contributed by atoms with van der Waals surface area (Å²) >= 11 is 0. The first-order valence-electron chi connectivity index (χ1n) is 12.1. The molecule has 35 heavy (non-hydrogen) atoms. The summed E-state index contributed by atoms with van der Waals surface area (Å²) in [6, 6.07) is 31.3. The highest BCUT2D eigenvalue weighted by molar-refractivity contribution is 5.86. The molecule has 0 aromatic heterocycles. The molecule has 0 aliphatic carbocycles. The number of fused-ring (bicyclic) bond motifs is 2. The predicted molar refractivity (Wildman–Crippen MR) is 138 cm³/mol. The highest BCUT2D eigenvalue weighted by atomic mass is 16.5. The summed E-state index contributed by atoms with van der Waals surface area (Å²) in [6.07, 6.45) is -0.587. The third-order valence-corrected chi connectivity index (χ3v) is 6.71. The first kappa shape index (κ1) is 23.4. The number of benzene rings is 4. The van der Waals surface area contributed by atoms with E-state index >= 15 is 0 Å². The van der Waals surface area contributed by atoms with Crippen molar-refractivity contribution in [1.82, 2.24) is 5.32 Å². The molecule has 1 aliphatic heterocycles. The highest BCUT2D eigenvalue weighted by Crippen LogP contribution is 2.40. The molecule has 4 aromatic carbocycles. The molecule has 180 valence electrons. The predicted octanol–water partition coefficient (Wildman–Crippen LogP) is 5.16. The van der Waals surface area contributed by atoms with Crippen molar-refractivity contribution >= 4 is 10.8 Å². The van der Waals surface area contributed by atoms with Crippen molar-refractivity contribution in [1.29, 1.82) is 0 Å². The minimum absolute atomic E-state index is 0.0350. The van der Waals surface area contributed by atoms with Crippen molar-refractivity contribution in [3.8, 4) is 11.5 Å². The lowest BCUT2D eigenvalue weighted by Gasteiger charge is -2.33. The second kappa shape index (κ2) is 10.5. The minimum atomic E-state index is -1.48. The Hall–Kier alpha value is -3.38. The zero-order valence-corrected chi connectivity index (χ0v) is 19.8. The molecule has 5 nitrogen and oxygen atoms in total. The normalized spacial score (nSPS) is 18.2. The molecule has 4 aromatic rings. The number of ether oxygens (including phenoxy) is 2. The van der Waals surface area contributed by atoms with Gasteiger partial charge < -0.3 is 25.0 Å². The lowest BCUT2D eigenvalue weighted by molar-refractivity contribution is -0.0680. The Kier molecular flexibility index (Phi) is 7.00. The van der Waals surface area contributed by atoms with Crippen LogP contribution in [0.3, 0.4) is 0 Å². The van der Waals surface area contributed by atoms with Crippen molar-refractivity contribution in [2.75, 3.05) is 13.2 Å². The van der Waals surface area contributed by atoms with Gasteiger partial charge in [-0.3, -0.25) is 0 Å². The Labute approximate surface area is 206 Å². The second-order valence-corrected chi connectivity index (χ2v) is 9.12. The molecule has 5 heteroatoms. The van der Waals surface area contributed by atoms with E-state index < -0.39 is 6.29 Å². The maximum absolute atomic E-state index is 9.04. The molecule has 0 spiro atoms. The van der Waals surface area contributed by atoms with Gasteiger partial charge in [-0.1, -0.05) is 72.8 Å². The summed E-state index contributed by atoms with van der Waals surface area (Å²) in [6.45, 7) is 2.80. The molecule has 0 saturated heterocycles.